The first-order valence-corrected chi connectivity index (χ1v) is 10.2. The average Bonchev–Trinajstić information content (AvgIpc) is 3.27. The van der Waals surface area contributed by atoms with Crippen LogP contribution in [0.4, 0.5) is 5.69 Å². The number of aryl methyl sites for hydroxylation is 2. The van der Waals surface area contributed by atoms with Crippen LogP contribution in [0.25, 0.3) is 0 Å². The van der Waals surface area contributed by atoms with Crippen molar-refractivity contribution >= 4 is 23.5 Å². The summed E-state index contributed by atoms with van der Waals surface area (Å²) < 4.78 is 11.4. The molecule has 4 atom stereocenters. The average molecular weight is 412 g/mol. The van der Waals surface area contributed by atoms with E-state index in [0.717, 1.165) is 16.8 Å². The fraction of sp³-hybridized carbons (Fsp3) is 0.522. The second-order valence-electron chi connectivity index (χ2n) is 9.52. The predicted molar refractivity (Wildman–Crippen MR) is 111 cm³/mol. The molecular weight excluding hydrogens is 384 g/mol. The zero-order valence-electron chi connectivity index (χ0n) is 18.0. The molecule has 0 radical (unpaired) electrons. The summed E-state index contributed by atoms with van der Waals surface area (Å²) in [6.07, 6.45) is 3.23. The first kappa shape index (κ1) is 20.6. The number of fused-ring (bicyclic) bond motifs is 1. The summed E-state index contributed by atoms with van der Waals surface area (Å²) in [5.74, 6) is -2.49. The number of ether oxygens (including phenoxy) is 2. The summed E-state index contributed by atoms with van der Waals surface area (Å²) in [5.41, 5.74) is 1.70. The molecule has 0 saturated carbocycles. The van der Waals surface area contributed by atoms with Crippen LogP contribution in [-0.2, 0) is 23.9 Å². The highest BCUT2D eigenvalue weighted by Gasteiger charge is 2.67. The van der Waals surface area contributed by atoms with Gasteiger partial charge in [-0.05, 0) is 46.2 Å². The molecule has 0 aliphatic carbocycles. The first-order valence-electron chi connectivity index (χ1n) is 10.2. The van der Waals surface area contributed by atoms with Crippen LogP contribution in [0, 0.1) is 25.7 Å². The number of carbonyl (C=O) groups excluding carboxylic acids is 3. The van der Waals surface area contributed by atoms with E-state index in [-0.39, 0.29) is 18.4 Å². The number of rotatable bonds is 4. The normalized spacial score (nSPS) is 29.3. The summed E-state index contributed by atoms with van der Waals surface area (Å²) in [6.45, 7) is 9.51. The SMILES string of the molecule is Cc1ccc(N2C[C@@]34C=C[C@@H](O3)[C@H](C(=O)OCC(=O)NC(C)(C)C)[C@@H]4C2=O)c(C)c1. The van der Waals surface area contributed by atoms with Crippen LogP contribution < -0.4 is 10.2 Å². The first-order chi connectivity index (χ1) is 14.0. The van der Waals surface area contributed by atoms with Crippen molar-refractivity contribution in [1.29, 1.82) is 0 Å². The van der Waals surface area contributed by atoms with Gasteiger partial charge < -0.3 is 19.7 Å². The number of carbonyl (C=O) groups is 3. The number of hydrogen-bond donors (Lipinski definition) is 1. The van der Waals surface area contributed by atoms with Gasteiger partial charge in [0.1, 0.15) is 11.5 Å². The van der Waals surface area contributed by atoms with Gasteiger partial charge in [-0.15, -0.1) is 0 Å². The van der Waals surface area contributed by atoms with E-state index in [0.29, 0.717) is 6.54 Å². The largest absolute Gasteiger partial charge is 0.455 e. The highest BCUT2D eigenvalue weighted by Crippen LogP contribution is 2.53. The summed E-state index contributed by atoms with van der Waals surface area (Å²) in [4.78, 5) is 40.0. The summed E-state index contributed by atoms with van der Waals surface area (Å²) in [5, 5.41) is 2.76. The number of hydrogen-bond acceptors (Lipinski definition) is 5. The lowest BCUT2D eigenvalue weighted by molar-refractivity contribution is -0.156. The van der Waals surface area contributed by atoms with E-state index < -0.39 is 35.0 Å². The monoisotopic (exact) mass is 412 g/mol. The minimum absolute atomic E-state index is 0.144. The van der Waals surface area contributed by atoms with Crippen LogP contribution in [0.5, 0.6) is 0 Å². The molecule has 1 aromatic rings. The molecule has 0 aromatic heterocycles. The van der Waals surface area contributed by atoms with Crippen molar-refractivity contribution in [2.24, 2.45) is 11.8 Å². The molecule has 7 nitrogen and oxygen atoms in total. The Kier molecular flexibility index (Phi) is 4.77. The van der Waals surface area contributed by atoms with Gasteiger partial charge in [0.05, 0.1) is 18.6 Å². The Morgan fingerprint density at radius 1 is 1.30 bits per heavy atom. The molecule has 7 heteroatoms. The molecule has 3 aliphatic heterocycles. The van der Waals surface area contributed by atoms with Crippen molar-refractivity contribution < 1.29 is 23.9 Å². The van der Waals surface area contributed by atoms with E-state index >= 15 is 0 Å². The summed E-state index contributed by atoms with van der Waals surface area (Å²) >= 11 is 0. The number of anilines is 1. The van der Waals surface area contributed by atoms with E-state index in [4.69, 9.17) is 9.47 Å². The van der Waals surface area contributed by atoms with Gasteiger partial charge in [-0.1, -0.05) is 29.8 Å². The van der Waals surface area contributed by atoms with Crippen LogP contribution in [0.3, 0.4) is 0 Å². The van der Waals surface area contributed by atoms with Crippen molar-refractivity contribution in [3.63, 3.8) is 0 Å². The number of esters is 1. The van der Waals surface area contributed by atoms with Crippen molar-refractivity contribution in [2.45, 2.75) is 51.9 Å². The van der Waals surface area contributed by atoms with E-state index in [1.54, 1.807) is 4.90 Å². The smallest absolute Gasteiger partial charge is 0.313 e. The molecule has 3 aliphatic rings. The fourth-order valence-electron chi connectivity index (χ4n) is 4.77. The zero-order valence-corrected chi connectivity index (χ0v) is 18.0. The van der Waals surface area contributed by atoms with Gasteiger partial charge in [0, 0.05) is 11.2 Å². The van der Waals surface area contributed by atoms with E-state index in [1.165, 1.54) is 0 Å². The highest BCUT2D eigenvalue weighted by molar-refractivity contribution is 6.03. The second-order valence-corrected chi connectivity index (χ2v) is 9.52. The van der Waals surface area contributed by atoms with Crippen LogP contribution in [0.15, 0.2) is 30.4 Å². The van der Waals surface area contributed by atoms with Crippen molar-refractivity contribution in [3.8, 4) is 0 Å². The number of benzene rings is 1. The Labute approximate surface area is 176 Å². The Bertz CT molecular complexity index is 947. The second kappa shape index (κ2) is 6.94. The van der Waals surface area contributed by atoms with Crippen LogP contribution in [0.2, 0.25) is 0 Å². The third-order valence-electron chi connectivity index (χ3n) is 5.88. The molecule has 4 rings (SSSR count). The zero-order chi connectivity index (χ0) is 21.8. The molecule has 2 bridgehead atoms. The Morgan fingerprint density at radius 3 is 2.70 bits per heavy atom. The molecule has 3 heterocycles. The maximum atomic E-state index is 13.4. The minimum Gasteiger partial charge on any atom is -0.455 e. The van der Waals surface area contributed by atoms with Gasteiger partial charge in [-0.25, -0.2) is 0 Å². The lowest BCUT2D eigenvalue weighted by Crippen LogP contribution is -2.44. The van der Waals surface area contributed by atoms with Gasteiger partial charge in [-0.3, -0.25) is 14.4 Å². The van der Waals surface area contributed by atoms with E-state index in [1.807, 2.05) is 65.0 Å². The molecule has 2 fully saturated rings. The van der Waals surface area contributed by atoms with Crippen molar-refractivity contribution in [3.05, 3.63) is 41.5 Å². The van der Waals surface area contributed by atoms with Gasteiger partial charge in [0.15, 0.2) is 6.61 Å². The maximum absolute atomic E-state index is 13.4. The van der Waals surface area contributed by atoms with E-state index in [9.17, 15) is 14.4 Å². The van der Waals surface area contributed by atoms with Gasteiger partial charge >= 0.3 is 5.97 Å². The maximum Gasteiger partial charge on any atom is 0.313 e. The molecule has 30 heavy (non-hydrogen) atoms. The minimum atomic E-state index is -0.823. The predicted octanol–water partition coefficient (Wildman–Crippen LogP) is 2.05. The Hall–Kier alpha value is -2.67. The molecule has 2 saturated heterocycles. The van der Waals surface area contributed by atoms with Crippen LogP contribution in [0.1, 0.15) is 31.9 Å². The van der Waals surface area contributed by atoms with E-state index in [2.05, 4.69) is 5.32 Å². The molecule has 0 unspecified atom stereocenters. The fourth-order valence-corrected chi connectivity index (χ4v) is 4.77. The lowest BCUT2D eigenvalue weighted by atomic mass is 9.77. The molecular formula is C23H28N2O5. The topological polar surface area (TPSA) is 84.9 Å². The van der Waals surface area contributed by atoms with Gasteiger partial charge in [0.25, 0.3) is 5.91 Å². The lowest BCUT2D eigenvalue weighted by Gasteiger charge is -2.24. The van der Waals surface area contributed by atoms with Crippen LogP contribution >= 0.6 is 0 Å². The number of nitrogens with one attached hydrogen (secondary N) is 1. The third-order valence-corrected chi connectivity index (χ3v) is 5.88. The number of amides is 2. The molecule has 1 aromatic carbocycles. The molecule has 1 N–H and O–H groups in total. The van der Waals surface area contributed by atoms with Crippen molar-refractivity contribution in [1.82, 2.24) is 5.32 Å². The molecule has 2 amide bonds. The standard InChI is InChI=1S/C23H28N2O5/c1-13-6-7-15(14(2)10-13)25-12-23-9-8-16(30-23)18(19(23)20(25)27)21(28)29-11-17(26)24-22(3,4)5/h6-10,16,18-19H,11-12H2,1-5H3,(H,24,26)/t16-,18+,19-,23-/m1/s1. The van der Waals surface area contributed by atoms with Crippen LogP contribution in [-0.4, -0.2) is 48.2 Å². The third kappa shape index (κ3) is 3.41. The van der Waals surface area contributed by atoms with Crippen molar-refractivity contribution in [2.75, 3.05) is 18.1 Å². The van der Waals surface area contributed by atoms with Gasteiger partial charge in [-0.2, -0.15) is 0 Å². The Balaban J connectivity index is 1.52. The molecule has 1 spiro atoms. The summed E-state index contributed by atoms with van der Waals surface area (Å²) in [6, 6.07) is 5.93. The quantitative estimate of drug-likeness (QED) is 0.604. The Morgan fingerprint density at radius 2 is 2.03 bits per heavy atom. The van der Waals surface area contributed by atoms with Gasteiger partial charge in [0.2, 0.25) is 5.91 Å². The highest BCUT2D eigenvalue weighted by atomic mass is 16.6. The summed E-state index contributed by atoms with van der Waals surface area (Å²) in [7, 11) is 0. The number of nitrogens with zero attached hydrogens (tertiary/aromatic N) is 1. The molecule has 160 valence electrons.